The summed E-state index contributed by atoms with van der Waals surface area (Å²) in [6, 6.07) is 7.68. The van der Waals surface area contributed by atoms with E-state index in [4.69, 9.17) is 0 Å². The molecule has 0 aliphatic carbocycles. The Morgan fingerprint density at radius 2 is 1.82 bits per heavy atom. The fourth-order valence-electron chi connectivity index (χ4n) is 1.84. The summed E-state index contributed by atoms with van der Waals surface area (Å²) in [4.78, 5) is 15.2. The number of aromatic nitrogens is 1. The monoisotopic (exact) mass is 305 g/mol. The predicted molar refractivity (Wildman–Crippen MR) is 78.5 cm³/mol. The van der Waals surface area contributed by atoms with Crippen molar-refractivity contribution in [3.05, 3.63) is 70.6 Å². The van der Waals surface area contributed by atoms with Gasteiger partial charge < -0.3 is 0 Å². The standard InChI is InChI=1S/C17H14F3NO/c1-11-3-4-13(9-12(11)2)5-7-15(22)14-6-8-16(21-10-14)17(18,19)20/h3-10H,1-2H3/b7-5+. The summed E-state index contributed by atoms with van der Waals surface area (Å²) in [7, 11) is 0. The molecule has 0 bridgehead atoms. The molecule has 0 spiro atoms. The van der Waals surface area contributed by atoms with Crippen LogP contribution >= 0.6 is 0 Å². The van der Waals surface area contributed by atoms with Crippen molar-refractivity contribution in [2.24, 2.45) is 0 Å². The third-order valence-corrected chi connectivity index (χ3v) is 3.30. The average Bonchev–Trinajstić information content (AvgIpc) is 2.47. The SMILES string of the molecule is Cc1ccc(/C=C/C(=O)c2ccc(C(F)(F)F)nc2)cc1C. The molecule has 2 aromatic rings. The van der Waals surface area contributed by atoms with Crippen molar-refractivity contribution >= 4 is 11.9 Å². The molecular weight excluding hydrogens is 291 g/mol. The molecule has 0 saturated carbocycles. The van der Waals surface area contributed by atoms with E-state index in [1.54, 1.807) is 6.08 Å². The van der Waals surface area contributed by atoms with Gasteiger partial charge in [0.15, 0.2) is 5.78 Å². The van der Waals surface area contributed by atoms with Crippen LogP contribution in [0.3, 0.4) is 0 Å². The maximum absolute atomic E-state index is 12.4. The number of hydrogen-bond donors (Lipinski definition) is 0. The number of alkyl halides is 3. The van der Waals surface area contributed by atoms with E-state index in [1.165, 1.54) is 6.08 Å². The van der Waals surface area contributed by atoms with E-state index in [1.807, 2.05) is 32.0 Å². The molecule has 0 aliphatic heterocycles. The molecule has 0 radical (unpaired) electrons. The first-order valence-corrected chi connectivity index (χ1v) is 6.60. The lowest BCUT2D eigenvalue weighted by atomic mass is 10.1. The van der Waals surface area contributed by atoms with Crippen LogP contribution in [0.15, 0.2) is 42.6 Å². The van der Waals surface area contributed by atoms with Gasteiger partial charge >= 0.3 is 6.18 Å². The minimum atomic E-state index is -4.50. The molecule has 1 aromatic carbocycles. The highest BCUT2D eigenvalue weighted by Gasteiger charge is 2.32. The topological polar surface area (TPSA) is 30.0 Å². The van der Waals surface area contributed by atoms with E-state index in [9.17, 15) is 18.0 Å². The van der Waals surface area contributed by atoms with Crippen LogP contribution in [0.5, 0.6) is 0 Å². The molecule has 0 N–H and O–H groups in total. The lowest BCUT2D eigenvalue weighted by Crippen LogP contribution is -2.08. The molecule has 22 heavy (non-hydrogen) atoms. The summed E-state index contributed by atoms with van der Waals surface area (Å²) in [5, 5.41) is 0. The van der Waals surface area contributed by atoms with E-state index in [0.29, 0.717) is 0 Å². The predicted octanol–water partition coefficient (Wildman–Crippen LogP) is 4.61. The average molecular weight is 305 g/mol. The first-order chi connectivity index (χ1) is 10.3. The van der Waals surface area contributed by atoms with Crippen molar-refractivity contribution in [1.82, 2.24) is 4.98 Å². The summed E-state index contributed by atoms with van der Waals surface area (Å²) < 4.78 is 37.2. The van der Waals surface area contributed by atoms with Crippen LogP contribution in [0.4, 0.5) is 13.2 Å². The summed E-state index contributed by atoms with van der Waals surface area (Å²) in [5.41, 5.74) is 2.22. The number of hydrogen-bond acceptors (Lipinski definition) is 2. The molecule has 1 heterocycles. The molecule has 0 atom stereocenters. The molecule has 2 nitrogen and oxygen atoms in total. The third kappa shape index (κ3) is 3.81. The Morgan fingerprint density at radius 1 is 1.09 bits per heavy atom. The molecule has 0 amide bonds. The Morgan fingerprint density at radius 3 is 2.36 bits per heavy atom. The van der Waals surface area contributed by atoms with Crippen LogP contribution in [0.2, 0.25) is 0 Å². The van der Waals surface area contributed by atoms with Gasteiger partial charge in [0.1, 0.15) is 5.69 Å². The van der Waals surface area contributed by atoms with Crippen molar-refractivity contribution in [2.75, 3.05) is 0 Å². The van der Waals surface area contributed by atoms with Crippen molar-refractivity contribution < 1.29 is 18.0 Å². The van der Waals surface area contributed by atoms with E-state index >= 15 is 0 Å². The van der Waals surface area contributed by atoms with Crippen LogP contribution in [0.25, 0.3) is 6.08 Å². The van der Waals surface area contributed by atoms with Crippen LogP contribution in [0.1, 0.15) is 32.7 Å². The van der Waals surface area contributed by atoms with Crippen LogP contribution in [0, 0.1) is 13.8 Å². The maximum atomic E-state index is 12.4. The highest BCUT2D eigenvalue weighted by atomic mass is 19.4. The molecule has 2 rings (SSSR count). The Hall–Kier alpha value is -2.43. The second-order valence-electron chi connectivity index (χ2n) is 4.97. The van der Waals surface area contributed by atoms with E-state index in [2.05, 4.69) is 4.98 Å². The zero-order valence-corrected chi connectivity index (χ0v) is 12.1. The van der Waals surface area contributed by atoms with Gasteiger partial charge in [0, 0.05) is 11.8 Å². The van der Waals surface area contributed by atoms with Gasteiger partial charge in [-0.3, -0.25) is 9.78 Å². The Kier molecular flexibility index (Phi) is 4.45. The lowest BCUT2D eigenvalue weighted by molar-refractivity contribution is -0.141. The van der Waals surface area contributed by atoms with E-state index in [0.717, 1.165) is 35.0 Å². The number of carbonyl (C=O) groups excluding carboxylic acids is 1. The second-order valence-corrected chi connectivity index (χ2v) is 4.97. The van der Waals surface area contributed by atoms with Gasteiger partial charge in [-0.2, -0.15) is 13.2 Å². The third-order valence-electron chi connectivity index (χ3n) is 3.30. The minimum Gasteiger partial charge on any atom is -0.289 e. The molecule has 5 heteroatoms. The molecule has 114 valence electrons. The Balaban J connectivity index is 2.14. The highest BCUT2D eigenvalue weighted by Crippen LogP contribution is 2.27. The Labute approximate surface area is 126 Å². The van der Waals surface area contributed by atoms with Crippen molar-refractivity contribution in [1.29, 1.82) is 0 Å². The van der Waals surface area contributed by atoms with Gasteiger partial charge in [-0.25, -0.2) is 0 Å². The highest BCUT2D eigenvalue weighted by molar-refractivity contribution is 6.06. The van der Waals surface area contributed by atoms with Crippen LogP contribution < -0.4 is 0 Å². The molecule has 1 aromatic heterocycles. The number of rotatable bonds is 3. The number of carbonyl (C=O) groups is 1. The molecular formula is C17H14F3NO. The molecule has 0 saturated heterocycles. The van der Waals surface area contributed by atoms with E-state index in [-0.39, 0.29) is 11.3 Å². The van der Waals surface area contributed by atoms with Gasteiger partial charge in [-0.1, -0.05) is 24.3 Å². The van der Waals surface area contributed by atoms with Gasteiger partial charge in [-0.05, 0) is 48.7 Å². The van der Waals surface area contributed by atoms with Crippen molar-refractivity contribution in [3.8, 4) is 0 Å². The normalized spacial score (nSPS) is 11.9. The number of halogens is 3. The number of ketones is 1. The number of nitrogens with zero attached hydrogens (tertiary/aromatic N) is 1. The minimum absolute atomic E-state index is 0.119. The quantitative estimate of drug-likeness (QED) is 0.612. The number of benzene rings is 1. The fourth-order valence-corrected chi connectivity index (χ4v) is 1.84. The molecule has 0 unspecified atom stereocenters. The number of aryl methyl sites for hydroxylation is 2. The molecule has 0 fully saturated rings. The van der Waals surface area contributed by atoms with Gasteiger partial charge in [-0.15, -0.1) is 0 Å². The van der Waals surface area contributed by atoms with Crippen LogP contribution in [-0.2, 0) is 6.18 Å². The summed E-state index contributed by atoms with van der Waals surface area (Å²) in [6.45, 7) is 3.95. The fraction of sp³-hybridized carbons (Fsp3) is 0.176. The first kappa shape index (κ1) is 15.9. The number of pyridine rings is 1. The zero-order valence-electron chi connectivity index (χ0n) is 12.1. The largest absolute Gasteiger partial charge is 0.433 e. The summed E-state index contributed by atoms with van der Waals surface area (Å²) in [6.07, 6.45) is -0.604. The van der Waals surface area contributed by atoms with Gasteiger partial charge in [0.05, 0.1) is 0 Å². The Bertz CT molecular complexity index is 716. The van der Waals surface area contributed by atoms with Crippen molar-refractivity contribution in [3.63, 3.8) is 0 Å². The lowest BCUT2D eigenvalue weighted by Gasteiger charge is -2.05. The summed E-state index contributed by atoms with van der Waals surface area (Å²) in [5.74, 6) is -0.389. The van der Waals surface area contributed by atoms with Crippen molar-refractivity contribution in [2.45, 2.75) is 20.0 Å². The second kappa shape index (κ2) is 6.13. The summed E-state index contributed by atoms with van der Waals surface area (Å²) >= 11 is 0. The van der Waals surface area contributed by atoms with Gasteiger partial charge in [0.2, 0.25) is 0 Å². The van der Waals surface area contributed by atoms with Gasteiger partial charge in [0.25, 0.3) is 0 Å². The maximum Gasteiger partial charge on any atom is 0.433 e. The zero-order chi connectivity index (χ0) is 16.3. The first-order valence-electron chi connectivity index (χ1n) is 6.60. The molecule has 0 aliphatic rings. The number of allylic oxidation sites excluding steroid dienone is 1. The van der Waals surface area contributed by atoms with E-state index < -0.39 is 11.9 Å². The smallest absolute Gasteiger partial charge is 0.289 e. The van der Waals surface area contributed by atoms with Crippen LogP contribution in [-0.4, -0.2) is 10.8 Å².